The van der Waals surface area contributed by atoms with Crippen molar-refractivity contribution in [2.75, 3.05) is 39.0 Å². The van der Waals surface area contributed by atoms with E-state index >= 15 is 0 Å². The highest BCUT2D eigenvalue weighted by Gasteiger charge is 2.34. The summed E-state index contributed by atoms with van der Waals surface area (Å²) in [5.41, 5.74) is 0.545. The SMILES string of the molecule is CS(=O)(=O)c1ncc(CCNC(=O)CN2CCN(S(=O)(=O)c3cc4ccc(Cl)cc4s3)CC2=O)[nH]1. The number of hydrogen-bond donors (Lipinski definition) is 2. The van der Waals surface area contributed by atoms with Crippen molar-refractivity contribution in [3.63, 3.8) is 0 Å². The molecule has 15 heteroatoms. The van der Waals surface area contributed by atoms with Gasteiger partial charge in [-0.25, -0.2) is 21.8 Å². The third kappa shape index (κ3) is 5.83. The topological polar surface area (TPSA) is 150 Å². The third-order valence-electron chi connectivity index (χ3n) is 5.34. The number of nitrogens with one attached hydrogen (secondary N) is 2. The van der Waals surface area contributed by atoms with Crippen molar-refractivity contribution in [1.82, 2.24) is 24.5 Å². The van der Waals surface area contributed by atoms with E-state index in [1.807, 2.05) is 0 Å². The Hall–Kier alpha value is -2.52. The number of hydrogen-bond acceptors (Lipinski definition) is 8. The van der Waals surface area contributed by atoms with Crippen molar-refractivity contribution >= 4 is 64.7 Å². The second-order valence-electron chi connectivity index (χ2n) is 7.99. The number of fused-ring (bicyclic) bond motifs is 1. The van der Waals surface area contributed by atoms with Crippen LogP contribution in [0.1, 0.15) is 5.69 Å². The fourth-order valence-electron chi connectivity index (χ4n) is 3.51. The monoisotopic (exact) mass is 559 g/mol. The Balaban J connectivity index is 1.30. The van der Waals surface area contributed by atoms with E-state index in [0.29, 0.717) is 17.1 Å². The van der Waals surface area contributed by atoms with Gasteiger partial charge in [-0.1, -0.05) is 17.7 Å². The maximum absolute atomic E-state index is 13.1. The maximum atomic E-state index is 13.1. The molecule has 0 bridgehead atoms. The molecule has 2 N–H and O–H groups in total. The van der Waals surface area contributed by atoms with Crippen LogP contribution in [0.3, 0.4) is 0 Å². The van der Waals surface area contributed by atoms with Gasteiger partial charge in [0.2, 0.25) is 26.8 Å². The Kier molecular flexibility index (Phi) is 7.20. The van der Waals surface area contributed by atoms with E-state index in [1.165, 1.54) is 11.1 Å². The van der Waals surface area contributed by atoms with Crippen LogP contribution in [0, 0.1) is 0 Å². The van der Waals surface area contributed by atoms with Gasteiger partial charge in [-0.05, 0) is 23.6 Å². The van der Waals surface area contributed by atoms with Crippen LogP contribution in [0.5, 0.6) is 0 Å². The predicted octanol–water partition coefficient (Wildman–Crippen LogP) is 0.873. The third-order valence-corrected chi connectivity index (χ3v) is 9.88. The molecular weight excluding hydrogens is 538 g/mol. The smallest absolute Gasteiger partial charge is 0.253 e. The number of aromatic amines is 1. The number of sulfone groups is 1. The van der Waals surface area contributed by atoms with Gasteiger partial charge in [0.15, 0.2) is 0 Å². The molecule has 4 rings (SSSR count). The zero-order chi connectivity index (χ0) is 25.4. The van der Waals surface area contributed by atoms with Gasteiger partial charge in [0, 0.05) is 53.9 Å². The van der Waals surface area contributed by atoms with Crippen LogP contribution in [-0.2, 0) is 35.9 Å². The lowest BCUT2D eigenvalue weighted by Crippen LogP contribution is -2.54. The van der Waals surface area contributed by atoms with Gasteiger partial charge in [0.1, 0.15) is 4.21 Å². The average molecular weight is 560 g/mol. The highest BCUT2D eigenvalue weighted by molar-refractivity contribution is 7.91. The first-order valence-corrected chi connectivity index (χ1v) is 14.9. The van der Waals surface area contributed by atoms with Gasteiger partial charge in [-0.2, -0.15) is 4.31 Å². The Labute approximate surface area is 211 Å². The number of amides is 2. The number of piperazine rings is 1. The Morgan fingerprint density at radius 3 is 2.69 bits per heavy atom. The lowest BCUT2D eigenvalue weighted by Gasteiger charge is -2.32. The van der Waals surface area contributed by atoms with Gasteiger partial charge in [0.05, 0.1) is 13.1 Å². The number of imidazole rings is 1. The van der Waals surface area contributed by atoms with Crippen LogP contribution in [0.2, 0.25) is 5.02 Å². The minimum Gasteiger partial charge on any atom is -0.354 e. The lowest BCUT2D eigenvalue weighted by molar-refractivity contribution is -0.138. The number of H-pyrrole nitrogens is 1. The second kappa shape index (κ2) is 9.85. The minimum atomic E-state index is -3.87. The van der Waals surface area contributed by atoms with Crippen molar-refractivity contribution in [3.05, 3.63) is 41.2 Å². The summed E-state index contributed by atoms with van der Waals surface area (Å²) in [5.74, 6) is -0.871. The predicted molar refractivity (Wildman–Crippen MR) is 131 cm³/mol. The number of sulfonamides is 1. The van der Waals surface area contributed by atoms with Gasteiger partial charge >= 0.3 is 0 Å². The molecule has 35 heavy (non-hydrogen) atoms. The normalized spacial score (nSPS) is 15.6. The van der Waals surface area contributed by atoms with Crippen LogP contribution in [0.4, 0.5) is 0 Å². The number of benzene rings is 1. The number of carbonyl (C=O) groups excluding carboxylic acids is 2. The number of carbonyl (C=O) groups is 2. The molecule has 0 radical (unpaired) electrons. The summed E-state index contributed by atoms with van der Waals surface area (Å²) >= 11 is 7.08. The molecular formula is C20H22ClN5O6S3. The summed E-state index contributed by atoms with van der Waals surface area (Å²) in [4.78, 5) is 32.6. The van der Waals surface area contributed by atoms with E-state index in [-0.39, 0.29) is 42.1 Å². The molecule has 0 saturated carbocycles. The van der Waals surface area contributed by atoms with Crippen LogP contribution in [-0.4, -0.2) is 86.8 Å². The van der Waals surface area contributed by atoms with Gasteiger partial charge < -0.3 is 15.2 Å². The quantitative estimate of drug-likeness (QED) is 0.416. The van der Waals surface area contributed by atoms with E-state index in [9.17, 15) is 26.4 Å². The van der Waals surface area contributed by atoms with Crippen LogP contribution in [0.15, 0.2) is 39.8 Å². The highest BCUT2D eigenvalue weighted by atomic mass is 35.5. The first-order chi connectivity index (χ1) is 16.4. The maximum Gasteiger partial charge on any atom is 0.253 e. The van der Waals surface area contributed by atoms with Gasteiger partial charge in [-0.15, -0.1) is 11.3 Å². The molecule has 0 spiro atoms. The second-order valence-corrected chi connectivity index (χ2v) is 13.6. The zero-order valence-electron chi connectivity index (χ0n) is 18.5. The molecule has 0 atom stereocenters. The molecule has 1 aliphatic heterocycles. The fraction of sp³-hybridized carbons (Fsp3) is 0.350. The first kappa shape index (κ1) is 25.6. The van der Waals surface area contributed by atoms with Crippen molar-refractivity contribution in [2.45, 2.75) is 15.8 Å². The standard InChI is InChI=1S/C20H22ClN5O6S3/c1-34(29,30)20-23-10-15(24-20)4-5-22-17(27)11-25-6-7-26(12-18(25)28)35(31,32)19-8-13-2-3-14(21)9-16(13)33-19/h2-3,8-10H,4-7,11-12H2,1H3,(H,22,27)(H,23,24). The molecule has 3 heterocycles. The lowest BCUT2D eigenvalue weighted by atomic mass is 10.3. The van der Waals surface area contributed by atoms with Crippen molar-refractivity contribution < 1.29 is 26.4 Å². The van der Waals surface area contributed by atoms with Crippen LogP contribution >= 0.6 is 22.9 Å². The minimum absolute atomic E-state index is 0.0682. The Morgan fingerprint density at radius 2 is 2.00 bits per heavy atom. The summed E-state index contributed by atoms with van der Waals surface area (Å²) in [6.45, 7) is -0.194. The summed E-state index contributed by atoms with van der Waals surface area (Å²) in [5, 5.41) is 3.78. The molecule has 2 aromatic heterocycles. The molecule has 3 aromatic rings. The van der Waals surface area contributed by atoms with Crippen LogP contribution < -0.4 is 5.32 Å². The molecule has 2 amide bonds. The molecule has 1 saturated heterocycles. The number of nitrogens with zero attached hydrogens (tertiary/aromatic N) is 3. The van der Waals surface area contributed by atoms with Crippen molar-refractivity contribution in [2.24, 2.45) is 0 Å². The van der Waals surface area contributed by atoms with Gasteiger partial charge in [0.25, 0.3) is 10.0 Å². The molecule has 188 valence electrons. The Bertz CT molecular complexity index is 1500. The average Bonchev–Trinajstić information content (AvgIpc) is 3.42. The molecule has 1 aromatic carbocycles. The molecule has 11 nitrogen and oxygen atoms in total. The largest absolute Gasteiger partial charge is 0.354 e. The molecule has 1 fully saturated rings. The summed E-state index contributed by atoms with van der Waals surface area (Å²) in [6.07, 6.45) is 2.75. The summed E-state index contributed by atoms with van der Waals surface area (Å²) < 4.78 is 51.0. The fourth-order valence-corrected chi connectivity index (χ4v) is 7.28. The van der Waals surface area contributed by atoms with Crippen molar-refractivity contribution in [3.8, 4) is 0 Å². The van der Waals surface area contributed by atoms with E-state index in [1.54, 1.807) is 24.3 Å². The van der Waals surface area contributed by atoms with E-state index in [4.69, 9.17) is 11.6 Å². The number of thiophene rings is 1. The summed E-state index contributed by atoms with van der Waals surface area (Å²) in [7, 11) is -7.31. The zero-order valence-corrected chi connectivity index (χ0v) is 21.7. The Morgan fingerprint density at radius 1 is 1.23 bits per heavy atom. The first-order valence-electron chi connectivity index (χ1n) is 10.4. The number of aromatic nitrogens is 2. The van der Waals surface area contributed by atoms with E-state index in [2.05, 4.69) is 15.3 Å². The number of rotatable bonds is 8. The van der Waals surface area contributed by atoms with Gasteiger partial charge in [-0.3, -0.25) is 9.59 Å². The van der Waals surface area contributed by atoms with Crippen LogP contribution in [0.25, 0.3) is 10.1 Å². The van der Waals surface area contributed by atoms with E-state index in [0.717, 1.165) is 32.0 Å². The number of halogens is 1. The molecule has 0 unspecified atom stereocenters. The molecule has 1 aliphatic rings. The highest BCUT2D eigenvalue weighted by Crippen LogP contribution is 2.33. The van der Waals surface area contributed by atoms with Crippen molar-refractivity contribution in [1.29, 1.82) is 0 Å². The summed E-state index contributed by atoms with van der Waals surface area (Å²) in [6, 6.07) is 6.68. The van der Waals surface area contributed by atoms with E-state index < -0.39 is 31.7 Å². The molecule has 0 aliphatic carbocycles.